The predicted molar refractivity (Wildman–Crippen MR) is 66.6 cm³/mol. The van der Waals surface area contributed by atoms with Crippen LogP contribution in [0.15, 0.2) is 24.3 Å². The topological polar surface area (TPSA) is 0 Å². The molecule has 0 aromatic carbocycles. The Balaban J connectivity index is 3.11. The van der Waals surface area contributed by atoms with Gasteiger partial charge in [-0.15, -0.1) is 0 Å². The van der Waals surface area contributed by atoms with Crippen molar-refractivity contribution >= 4 is 0 Å². The molecule has 0 heteroatoms. The van der Waals surface area contributed by atoms with Crippen LogP contribution in [-0.4, -0.2) is 0 Å². The number of hydrogen-bond donors (Lipinski definition) is 0. The van der Waals surface area contributed by atoms with Crippen LogP contribution in [0, 0.1) is 0 Å². The Kier molecular flexibility index (Phi) is 12.0. The fraction of sp³-hybridized carbons (Fsp3) is 0.714. The Morgan fingerprint density at radius 1 is 0.571 bits per heavy atom. The smallest absolute Gasteiger partial charge is 0.0316 e. The highest BCUT2D eigenvalue weighted by molar-refractivity contribution is 4.87. The summed E-state index contributed by atoms with van der Waals surface area (Å²) in [5.41, 5.74) is 0. The fourth-order valence-electron chi connectivity index (χ4n) is 1.31. The summed E-state index contributed by atoms with van der Waals surface area (Å²) in [4.78, 5) is 0. The van der Waals surface area contributed by atoms with Gasteiger partial charge in [-0.05, 0) is 25.7 Å². The molecule has 82 valence electrons. The molecule has 0 aliphatic heterocycles. The maximum atomic E-state index is 2.32. The summed E-state index contributed by atoms with van der Waals surface area (Å²) in [5, 5.41) is 0. The van der Waals surface area contributed by atoms with Crippen LogP contribution in [0.1, 0.15) is 65.2 Å². The van der Waals surface area contributed by atoms with Gasteiger partial charge in [-0.1, -0.05) is 63.8 Å². The summed E-state index contributed by atoms with van der Waals surface area (Å²) in [6, 6.07) is 0. The van der Waals surface area contributed by atoms with Crippen LogP contribution in [0.2, 0.25) is 0 Å². The number of hydrogen-bond acceptors (Lipinski definition) is 0. The van der Waals surface area contributed by atoms with Gasteiger partial charge in [-0.2, -0.15) is 0 Å². The number of rotatable bonds is 9. The van der Waals surface area contributed by atoms with Crippen molar-refractivity contribution in [3.8, 4) is 0 Å². The molecule has 0 unspecified atom stereocenters. The van der Waals surface area contributed by atoms with Crippen molar-refractivity contribution in [1.29, 1.82) is 0 Å². The third-order valence-corrected chi connectivity index (χ3v) is 2.28. The molecule has 0 heterocycles. The van der Waals surface area contributed by atoms with Gasteiger partial charge in [0.1, 0.15) is 0 Å². The Labute approximate surface area is 90.1 Å². The average molecular weight is 194 g/mol. The van der Waals surface area contributed by atoms with Crippen molar-refractivity contribution in [2.75, 3.05) is 0 Å². The lowest BCUT2D eigenvalue weighted by Crippen LogP contribution is -1.70. The second kappa shape index (κ2) is 12.5. The zero-order valence-electron chi connectivity index (χ0n) is 9.97. The van der Waals surface area contributed by atoms with E-state index in [1.54, 1.807) is 0 Å². The molecule has 14 heavy (non-hydrogen) atoms. The molecule has 0 atom stereocenters. The Morgan fingerprint density at radius 2 is 0.929 bits per heavy atom. The molecule has 0 radical (unpaired) electrons. The standard InChI is InChI=1S/C14H26/c1-3-5-7-9-11-13-14-12-10-8-6-4-2/h9-12H,3-8,13-14H2,1-2H3/b11-9+,12-10+. The highest BCUT2D eigenvalue weighted by atomic mass is 13.9. The molecule has 0 fully saturated rings. The number of allylic oxidation sites excluding steroid dienone is 4. The summed E-state index contributed by atoms with van der Waals surface area (Å²) in [6.45, 7) is 4.48. The number of unbranched alkanes of at least 4 members (excludes halogenated alkanes) is 5. The van der Waals surface area contributed by atoms with Crippen molar-refractivity contribution in [3.05, 3.63) is 24.3 Å². The van der Waals surface area contributed by atoms with E-state index in [4.69, 9.17) is 0 Å². The minimum absolute atomic E-state index is 1.21. The van der Waals surface area contributed by atoms with Gasteiger partial charge in [0.15, 0.2) is 0 Å². The SMILES string of the molecule is CCCC/C=C/CC/C=C/CCCC. The van der Waals surface area contributed by atoms with E-state index in [1.165, 1.54) is 51.4 Å². The van der Waals surface area contributed by atoms with E-state index in [-0.39, 0.29) is 0 Å². The quantitative estimate of drug-likeness (QED) is 0.347. The molecule has 0 saturated heterocycles. The molecule has 0 saturated carbocycles. The lowest BCUT2D eigenvalue weighted by Gasteiger charge is -1.90. The zero-order chi connectivity index (χ0) is 10.5. The molecule has 0 aromatic heterocycles. The largest absolute Gasteiger partial charge is 0.0885 e. The Morgan fingerprint density at radius 3 is 1.29 bits per heavy atom. The third-order valence-electron chi connectivity index (χ3n) is 2.28. The molecule has 0 nitrogen and oxygen atoms in total. The summed E-state index contributed by atoms with van der Waals surface area (Å²) >= 11 is 0. The van der Waals surface area contributed by atoms with Crippen LogP contribution in [0.5, 0.6) is 0 Å². The first-order valence-electron chi connectivity index (χ1n) is 6.21. The van der Waals surface area contributed by atoms with E-state index >= 15 is 0 Å². The van der Waals surface area contributed by atoms with Gasteiger partial charge in [0.05, 0.1) is 0 Å². The third kappa shape index (κ3) is 11.5. The van der Waals surface area contributed by atoms with Gasteiger partial charge in [-0.25, -0.2) is 0 Å². The van der Waals surface area contributed by atoms with Gasteiger partial charge in [0.25, 0.3) is 0 Å². The van der Waals surface area contributed by atoms with E-state index in [0.717, 1.165) is 0 Å². The minimum Gasteiger partial charge on any atom is -0.0885 e. The molecule has 0 aliphatic rings. The lowest BCUT2D eigenvalue weighted by molar-refractivity contribution is 0.808. The van der Waals surface area contributed by atoms with E-state index in [2.05, 4.69) is 38.2 Å². The van der Waals surface area contributed by atoms with Crippen LogP contribution in [0.4, 0.5) is 0 Å². The van der Waals surface area contributed by atoms with E-state index < -0.39 is 0 Å². The predicted octanol–water partition coefficient (Wildman–Crippen LogP) is 5.26. The van der Waals surface area contributed by atoms with Crippen molar-refractivity contribution in [3.63, 3.8) is 0 Å². The van der Waals surface area contributed by atoms with E-state index in [1.807, 2.05) is 0 Å². The molecule has 0 amide bonds. The van der Waals surface area contributed by atoms with Gasteiger partial charge >= 0.3 is 0 Å². The fourth-order valence-corrected chi connectivity index (χ4v) is 1.31. The molecule has 0 N–H and O–H groups in total. The van der Waals surface area contributed by atoms with Crippen LogP contribution < -0.4 is 0 Å². The van der Waals surface area contributed by atoms with Crippen LogP contribution in [0.3, 0.4) is 0 Å². The normalized spacial score (nSPS) is 11.9. The second-order valence-corrected chi connectivity index (χ2v) is 3.80. The van der Waals surface area contributed by atoms with E-state index in [9.17, 15) is 0 Å². The van der Waals surface area contributed by atoms with Crippen molar-refractivity contribution in [2.24, 2.45) is 0 Å². The van der Waals surface area contributed by atoms with Crippen LogP contribution >= 0.6 is 0 Å². The Hall–Kier alpha value is -0.520. The first kappa shape index (κ1) is 13.5. The zero-order valence-corrected chi connectivity index (χ0v) is 9.97. The van der Waals surface area contributed by atoms with Crippen LogP contribution in [0.25, 0.3) is 0 Å². The van der Waals surface area contributed by atoms with Gasteiger partial charge in [0, 0.05) is 0 Å². The first-order valence-corrected chi connectivity index (χ1v) is 6.21. The average Bonchev–Trinajstić information content (AvgIpc) is 2.21. The van der Waals surface area contributed by atoms with Crippen molar-refractivity contribution in [1.82, 2.24) is 0 Å². The molecular weight excluding hydrogens is 168 g/mol. The highest BCUT2D eigenvalue weighted by Gasteiger charge is 1.80. The lowest BCUT2D eigenvalue weighted by atomic mass is 10.2. The highest BCUT2D eigenvalue weighted by Crippen LogP contribution is 2.00. The van der Waals surface area contributed by atoms with Gasteiger partial charge < -0.3 is 0 Å². The first-order chi connectivity index (χ1) is 6.91. The maximum Gasteiger partial charge on any atom is -0.0316 e. The molecular formula is C14H26. The second-order valence-electron chi connectivity index (χ2n) is 3.80. The monoisotopic (exact) mass is 194 g/mol. The van der Waals surface area contributed by atoms with Crippen LogP contribution in [-0.2, 0) is 0 Å². The molecule has 0 spiro atoms. The van der Waals surface area contributed by atoms with E-state index in [0.29, 0.717) is 0 Å². The van der Waals surface area contributed by atoms with Crippen molar-refractivity contribution in [2.45, 2.75) is 65.2 Å². The van der Waals surface area contributed by atoms with Gasteiger partial charge in [0.2, 0.25) is 0 Å². The summed E-state index contributed by atoms with van der Waals surface area (Å²) in [7, 11) is 0. The Bertz CT molecular complexity index is 124. The van der Waals surface area contributed by atoms with Crippen molar-refractivity contribution < 1.29 is 0 Å². The summed E-state index contributed by atoms with van der Waals surface area (Å²) < 4.78 is 0. The molecule has 0 rings (SSSR count). The maximum absolute atomic E-state index is 2.32. The van der Waals surface area contributed by atoms with Gasteiger partial charge in [-0.3, -0.25) is 0 Å². The molecule has 0 bridgehead atoms. The summed E-state index contributed by atoms with van der Waals surface area (Å²) in [5.74, 6) is 0. The summed E-state index contributed by atoms with van der Waals surface area (Å²) in [6.07, 6.45) is 19.5. The molecule has 0 aliphatic carbocycles. The minimum atomic E-state index is 1.21. The molecule has 0 aromatic rings.